The van der Waals surface area contributed by atoms with Crippen LogP contribution in [0.5, 0.6) is 5.75 Å². The maximum Gasteiger partial charge on any atom is 0.303 e. The molecule has 342 valence electrons. The van der Waals surface area contributed by atoms with Crippen molar-refractivity contribution in [3.05, 3.63) is 88.5 Å². The Morgan fingerprint density at radius 3 is 2.40 bits per heavy atom. The molecule has 0 aromatic heterocycles. The van der Waals surface area contributed by atoms with Gasteiger partial charge < -0.3 is 51.5 Å². The summed E-state index contributed by atoms with van der Waals surface area (Å²) in [6.45, 7) is 5.44. The second-order valence-electron chi connectivity index (χ2n) is 18.6. The zero-order chi connectivity index (χ0) is 44.9. The monoisotopic (exact) mass is 859 g/mol. The van der Waals surface area contributed by atoms with Crippen molar-refractivity contribution >= 4 is 5.97 Å². The lowest BCUT2D eigenvalue weighted by atomic mass is 9.63. The highest BCUT2D eigenvalue weighted by molar-refractivity contribution is 5.67. The van der Waals surface area contributed by atoms with Crippen LogP contribution < -0.4 is 10.6 Å². The molecule has 10 atom stereocenters. The number of aliphatic carboxylic acids is 1. The second kappa shape index (κ2) is 23.4. The van der Waals surface area contributed by atoms with E-state index < -0.39 is 66.1 Å². The van der Waals surface area contributed by atoms with Gasteiger partial charge >= 0.3 is 5.97 Å². The number of rotatable bonds is 18. The highest BCUT2D eigenvalue weighted by Crippen LogP contribution is 2.51. The molecular formula is C51H74N2O9. The molecule has 0 radical (unpaired) electrons. The van der Waals surface area contributed by atoms with E-state index in [0.717, 1.165) is 66.4 Å². The summed E-state index contributed by atoms with van der Waals surface area (Å²) in [4.78, 5) is 12.0. The summed E-state index contributed by atoms with van der Waals surface area (Å²) in [6.07, 6.45) is 8.71. The largest absolute Gasteiger partial charge is 0.508 e. The molecule has 2 aromatic rings. The quantitative estimate of drug-likeness (QED) is 0.0796. The topological polar surface area (TPSA) is 203 Å². The lowest BCUT2D eigenvalue weighted by molar-refractivity contribution is -0.138. The van der Waals surface area contributed by atoms with Crippen LogP contribution in [-0.2, 0) is 16.6 Å². The van der Waals surface area contributed by atoms with Crippen LogP contribution in [0.1, 0.15) is 140 Å². The molecule has 0 amide bonds. The van der Waals surface area contributed by atoms with Crippen LogP contribution in [0.2, 0.25) is 0 Å². The zero-order valence-electron chi connectivity index (χ0n) is 37.2. The van der Waals surface area contributed by atoms with E-state index in [9.17, 15) is 45.6 Å². The van der Waals surface area contributed by atoms with Gasteiger partial charge in [-0.15, -0.1) is 0 Å². The third-order valence-electron chi connectivity index (χ3n) is 14.2. The van der Waals surface area contributed by atoms with Crippen molar-refractivity contribution in [1.29, 1.82) is 0 Å². The molecule has 1 saturated heterocycles. The number of unbranched alkanes of at least 4 members (excludes halogenated alkanes) is 1. The Morgan fingerprint density at radius 1 is 0.984 bits per heavy atom. The van der Waals surface area contributed by atoms with Crippen molar-refractivity contribution in [2.75, 3.05) is 6.61 Å². The molecule has 11 nitrogen and oxygen atoms in total. The number of nitrogens with one attached hydrogen (secondary N) is 2. The summed E-state index contributed by atoms with van der Waals surface area (Å²) in [7, 11) is 0. The number of aromatic hydroxyl groups is 1. The number of hydrogen-bond acceptors (Lipinski definition) is 10. The first-order valence-corrected chi connectivity index (χ1v) is 23.2. The Kier molecular flexibility index (Phi) is 18.7. The minimum atomic E-state index is -1.42. The molecule has 2 aliphatic heterocycles. The number of aliphatic hydroxyl groups excluding tert-OH is 5. The van der Waals surface area contributed by atoms with E-state index in [1.54, 1.807) is 18.2 Å². The standard InChI is InChI=1S/C51H74N2O9/c1-4-5-17-44(57)45(58)27-21-37-20-19-36-14-7-6-13-35(36)15-11-18-47(50(3,62)51(29-8-9-30-51)39-22-24-40(55)25-23-39)53-43(42(37)32-41(56)33-54)26-28-46(59)49-38(31-48(60)61)16-10-12-34(2)52-49/h6-7,13-14,21-25,27,34,38,41,43-47,49,52-59,62H,4-5,8-10,12,16-20,26,28-33H2,1-3H3,(H,60,61). The number of aliphatic hydroxyl groups is 6. The van der Waals surface area contributed by atoms with Crippen LogP contribution in [0.3, 0.4) is 0 Å². The Labute approximate surface area is 369 Å². The normalized spacial score (nSPS) is 26.4. The number of phenolic OH excluding ortho intramolecular Hbond substituents is 1. The first kappa shape index (κ1) is 49.4. The van der Waals surface area contributed by atoms with E-state index in [1.165, 1.54) is 0 Å². The first-order valence-electron chi connectivity index (χ1n) is 23.2. The fourth-order valence-electron chi connectivity index (χ4n) is 10.5. The predicted octanol–water partition coefficient (Wildman–Crippen LogP) is 5.94. The van der Waals surface area contributed by atoms with Crippen LogP contribution in [0, 0.1) is 17.8 Å². The van der Waals surface area contributed by atoms with E-state index >= 15 is 0 Å². The maximum absolute atomic E-state index is 13.3. The van der Waals surface area contributed by atoms with Crippen molar-refractivity contribution in [3.63, 3.8) is 0 Å². The van der Waals surface area contributed by atoms with E-state index in [-0.39, 0.29) is 43.4 Å². The van der Waals surface area contributed by atoms with Crippen LogP contribution in [0.15, 0.2) is 71.8 Å². The molecule has 0 spiro atoms. The highest BCUT2D eigenvalue weighted by atomic mass is 16.4. The SMILES string of the molecule is CCCCC(O)C(O)C=CC1=C(CC(O)CO)C(CCC(O)C2NC(C)CCCC2CC(=O)O)NC(C(C)(O)C2(c3ccc(O)cc3)CCCC2)CC#Cc2ccccc2CC1. The molecule has 2 fully saturated rings. The number of hydrogen-bond donors (Lipinski definition) is 10. The van der Waals surface area contributed by atoms with E-state index in [0.29, 0.717) is 44.9 Å². The van der Waals surface area contributed by atoms with Crippen molar-refractivity contribution in [3.8, 4) is 17.6 Å². The van der Waals surface area contributed by atoms with Gasteiger partial charge in [-0.1, -0.05) is 93.4 Å². The van der Waals surface area contributed by atoms with Crippen LogP contribution in [0.25, 0.3) is 0 Å². The van der Waals surface area contributed by atoms with E-state index in [2.05, 4.69) is 29.4 Å². The van der Waals surface area contributed by atoms with Gasteiger partial charge in [0.2, 0.25) is 0 Å². The molecular weight excluding hydrogens is 785 g/mol. The lowest BCUT2D eigenvalue weighted by Crippen LogP contribution is -2.62. The fourth-order valence-corrected chi connectivity index (χ4v) is 10.5. The van der Waals surface area contributed by atoms with E-state index in [4.69, 9.17) is 0 Å². The third kappa shape index (κ3) is 12.8. The van der Waals surface area contributed by atoms with Crippen LogP contribution in [0.4, 0.5) is 0 Å². The predicted molar refractivity (Wildman–Crippen MR) is 242 cm³/mol. The van der Waals surface area contributed by atoms with Gasteiger partial charge in [0.1, 0.15) is 5.75 Å². The Hall–Kier alpha value is -3.57. The Bertz CT molecular complexity index is 1840. The van der Waals surface area contributed by atoms with Crippen molar-refractivity contribution in [1.82, 2.24) is 10.6 Å². The Balaban J connectivity index is 1.68. The van der Waals surface area contributed by atoms with E-state index in [1.807, 2.05) is 56.3 Å². The Morgan fingerprint density at radius 2 is 1.71 bits per heavy atom. The number of carboxylic acids is 1. The van der Waals surface area contributed by atoms with Gasteiger partial charge in [0, 0.05) is 48.0 Å². The molecule has 2 heterocycles. The second-order valence-corrected chi connectivity index (χ2v) is 18.6. The first-order chi connectivity index (χ1) is 29.7. The smallest absolute Gasteiger partial charge is 0.303 e. The fraction of sp³-hybridized carbons (Fsp3) is 0.627. The lowest BCUT2D eigenvalue weighted by Gasteiger charge is -2.49. The molecule has 1 aliphatic carbocycles. The highest BCUT2D eigenvalue weighted by Gasteiger charge is 2.54. The number of aryl methyl sites for hydroxylation is 1. The van der Waals surface area contributed by atoms with Crippen LogP contribution >= 0.6 is 0 Å². The van der Waals surface area contributed by atoms with Crippen LogP contribution in [-0.4, -0.2) is 108 Å². The average Bonchev–Trinajstić information content (AvgIpc) is 3.69. The summed E-state index contributed by atoms with van der Waals surface area (Å²) in [5, 5.41) is 96.6. The molecule has 0 bridgehead atoms. The van der Waals surface area contributed by atoms with Gasteiger partial charge in [-0.3, -0.25) is 4.79 Å². The van der Waals surface area contributed by atoms with Gasteiger partial charge in [0.15, 0.2) is 0 Å². The number of phenols is 1. The molecule has 1 saturated carbocycles. The molecule has 62 heavy (non-hydrogen) atoms. The minimum Gasteiger partial charge on any atom is -0.508 e. The maximum atomic E-state index is 13.3. The number of fused-ring (bicyclic) bond motifs is 1. The summed E-state index contributed by atoms with van der Waals surface area (Å²) < 4.78 is 0. The van der Waals surface area contributed by atoms with Gasteiger partial charge in [-0.2, -0.15) is 0 Å². The number of allylic oxidation sites excluding steroid dienone is 2. The molecule has 3 aliphatic rings. The van der Waals surface area contributed by atoms with Gasteiger partial charge in [0.05, 0.1) is 36.6 Å². The summed E-state index contributed by atoms with van der Waals surface area (Å²) in [5.41, 5.74) is 2.18. The molecule has 10 unspecified atom stereocenters. The van der Waals surface area contributed by atoms with Crippen molar-refractivity contribution in [2.24, 2.45) is 5.92 Å². The number of carboxylic acid groups (broad SMARTS) is 1. The molecule has 5 rings (SSSR count). The summed E-state index contributed by atoms with van der Waals surface area (Å²) >= 11 is 0. The summed E-state index contributed by atoms with van der Waals surface area (Å²) in [5.74, 6) is 5.79. The van der Waals surface area contributed by atoms with Gasteiger partial charge in [-0.25, -0.2) is 0 Å². The zero-order valence-corrected chi connectivity index (χ0v) is 37.2. The van der Waals surface area contributed by atoms with Crippen molar-refractivity contribution in [2.45, 2.75) is 190 Å². The minimum absolute atomic E-state index is 0.0457. The summed E-state index contributed by atoms with van der Waals surface area (Å²) in [6, 6.07) is 13.4. The number of carbonyl (C=O) groups is 1. The molecule has 2 aromatic carbocycles. The molecule has 10 N–H and O–H groups in total. The van der Waals surface area contributed by atoms with Gasteiger partial charge in [-0.05, 0) is 124 Å². The third-order valence-corrected chi connectivity index (χ3v) is 14.2. The average molecular weight is 859 g/mol. The molecule has 11 heteroatoms. The van der Waals surface area contributed by atoms with Gasteiger partial charge in [0.25, 0.3) is 0 Å². The van der Waals surface area contributed by atoms with Crippen molar-refractivity contribution < 1.29 is 45.6 Å². The number of benzene rings is 2.